The summed E-state index contributed by atoms with van der Waals surface area (Å²) in [6, 6.07) is 2.26. The van der Waals surface area contributed by atoms with Gasteiger partial charge in [0.15, 0.2) is 0 Å². The lowest BCUT2D eigenvalue weighted by Crippen LogP contribution is -2.27. The van der Waals surface area contributed by atoms with Crippen LogP contribution in [0.1, 0.15) is 26.1 Å². The van der Waals surface area contributed by atoms with Crippen LogP contribution < -0.4 is 9.64 Å². The molecule has 0 saturated carbocycles. The second-order valence-electron chi connectivity index (χ2n) is 6.45. The van der Waals surface area contributed by atoms with Gasteiger partial charge in [-0.05, 0) is 19.4 Å². The molecule has 1 aromatic heterocycles. The van der Waals surface area contributed by atoms with Crippen LogP contribution in [0.3, 0.4) is 0 Å². The first-order chi connectivity index (χ1) is 15.4. The number of hydrogen-bond donors (Lipinski definition) is 0. The molecule has 0 fully saturated rings. The smallest absolute Gasteiger partial charge is 0.492 e. The summed E-state index contributed by atoms with van der Waals surface area (Å²) in [6.07, 6.45) is 1.38. The van der Waals surface area contributed by atoms with Gasteiger partial charge in [0, 0.05) is 38.1 Å². The fourth-order valence-electron chi connectivity index (χ4n) is 2.38. The Balaban J connectivity index is 2.71. The predicted octanol–water partition coefficient (Wildman–Crippen LogP) is 6.14. The average molecular weight is 517 g/mol. The van der Waals surface area contributed by atoms with Crippen LogP contribution in [0.15, 0.2) is 26.7 Å². The number of aryl methyl sites for hydroxylation is 1. The Kier molecular flexibility index (Phi) is 9.02. The average Bonchev–Trinajstić information content (AvgIpc) is 3.14. The van der Waals surface area contributed by atoms with E-state index in [9.17, 15) is 26.2 Å². The van der Waals surface area contributed by atoms with Crippen LogP contribution in [0.4, 0.5) is 44.1 Å². The third kappa shape index (κ3) is 7.01. The summed E-state index contributed by atoms with van der Waals surface area (Å²) >= 11 is 0.911. The highest BCUT2D eigenvalue weighted by Gasteiger charge is 2.47. The quantitative estimate of drug-likeness (QED) is 0.278. The molecule has 2 rings (SSSR count). The second kappa shape index (κ2) is 11.1. The Hall–Kier alpha value is -2.46. The predicted molar refractivity (Wildman–Crippen MR) is 113 cm³/mol. The third-order valence-electron chi connectivity index (χ3n) is 3.73. The number of aromatic nitrogens is 2. The van der Waals surface area contributed by atoms with Crippen molar-refractivity contribution in [2.45, 2.75) is 38.8 Å². The summed E-state index contributed by atoms with van der Waals surface area (Å²) in [7, 11) is -2.71. The highest BCUT2D eigenvalue weighted by molar-refractivity contribution is 7.90. The van der Waals surface area contributed by atoms with Crippen LogP contribution >= 0.6 is 11.5 Å². The normalized spacial score (nSPS) is 14.0. The summed E-state index contributed by atoms with van der Waals surface area (Å²) in [5.74, 6) is 0.720. The zero-order chi connectivity index (χ0) is 24.8. The minimum Gasteiger partial charge on any atom is -0.492 e. The van der Waals surface area contributed by atoms with E-state index in [0.717, 1.165) is 24.0 Å². The Morgan fingerprint density at radius 2 is 1.88 bits per heavy atom. The molecule has 16 heteroatoms. The number of benzene rings is 1. The minimum absolute atomic E-state index is 0.111. The van der Waals surface area contributed by atoms with Crippen LogP contribution in [0.5, 0.6) is 5.75 Å². The molecule has 0 saturated heterocycles. The maximum Gasteiger partial charge on any atom is 0.504 e. The van der Waals surface area contributed by atoms with Gasteiger partial charge in [-0.3, -0.25) is 0 Å². The van der Waals surface area contributed by atoms with Gasteiger partial charge in [-0.25, -0.2) is 13.4 Å². The van der Waals surface area contributed by atoms with E-state index >= 15 is 0 Å². The van der Waals surface area contributed by atoms with Crippen LogP contribution in [0.25, 0.3) is 0 Å². The van der Waals surface area contributed by atoms with Crippen molar-refractivity contribution in [1.29, 1.82) is 0 Å². The molecule has 1 unspecified atom stereocenters. The van der Waals surface area contributed by atoms with Crippen molar-refractivity contribution in [3.8, 4) is 5.75 Å². The van der Waals surface area contributed by atoms with Gasteiger partial charge in [0.2, 0.25) is 5.13 Å². The lowest BCUT2D eigenvalue weighted by atomic mass is 10.2. The van der Waals surface area contributed by atoms with Gasteiger partial charge in [-0.2, -0.15) is 30.7 Å². The molecular formula is C17H21F5N6O3S2. The third-order valence-corrected chi connectivity index (χ3v) is 5.79. The highest BCUT2D eigenvalue weighted by Crippen LogP contribution is 2.43. The highest BCUT2D eigenvalue weighted by atomic mass is 32.2. The molecule has 0 bridgehead atoms. The van der Waals surface area contributed by atoms with Crippen molar-refractivity contribution in [1.82, 2.24) is 9.36 Å². The Morgan fingerprint density at radius 1 is 1.18 bits per heavy atom. The van der Waals surface area contributed by atoms with E-state index in [-0.39, 0.29) is 28.9 Å². The zero-order valence-electron chi connectivity index (χ0n) is 18.0. The second-order valence-corrected chi connectivity index (χ2v) is 8.97. The summed E-state index contributed by atoms with van der Waals surface area (Å²) in [6.45, 7) is -0.166. The van der Waals surface area contributed by atoms with E-state index in [1.165, 1.54) is 11.0 Å². The SMILES string of the molecule is CCCc1nsc(N=Nc2cc(OCC)c(N(C)C)cc2N=S(=O)(OC(F)F)C(F)(F)F)n1. The van der Waals surface area contributed by atoms with Crippen molar-refractivity contribution in [2.24, 2.45) is 14.6 Å². The maximum absolute atomic E-state index is 13.3. The van der Waals surface area contributed by atoms with Gasteiger partial charge in [-0.15, -0.1) is 10.2 Å². The van der Waals surface area contributed by atoms with Gasteiger partial charge < -0.3 is 9.64 Å². The molecule has 9 nitrogen and oxygen atoms in total. The van der Waals surface area contributed by atoms with Crippen molar-refractivity contribution < 1.29 is 35.1 Å². The summed E-state index contributed by atoms with van der Waals surface area (Å²) < 4.78 is 93.5. The van der Waals surface area contributed by atoms with Gasteiger partial charge in [0.25, 0.3) is 10.0 Å². The maximum atomic E-state index is 13.3. The Bertz CT molecular complexity index is 1100. The summed E-state index contributed by atoms with van der Waals surface area (Å²) in [5, 5.41) is 7.80. The van der Waals surface area contributed by atoms with E-state index in [1.807, 2.05) is 6.92 Å². The van der Waals surface area contributed by atoms with Crippen LogP contribution in [-0.4, -0.2) is 46.4 Å². The summed E-state index contributed by atoms with van der Waals surface area (Å²) in [5.41, 5.74) is -6.45. The molecule has 0 aliphatic carbocycles. The van der Waals surface area contributed by atoms with E-state index in [0.29, 0.717) is 12.2 Å². The summed E-state index contributed by atoms with van der Waals surface area (Å²) in [4.78, 5) is 5.60. The van der Waals surface area contributed by atoms with E-state index < -0.39 is 27.8 Å². The molecule has 0 N–H and O–H groups in total. The largest absolute Gasteiger partial charge is 0.504 e. The fourth-order valence-corrected chi connectivity index (χ4v) is 3.78. The first-order valence-electron chi connectivity index (χ1n) is 9.42. The number of ether oxygens (including phenoxy) is 1. The van der Waals surface area contributed by atoms with Crippen LogP contribution in [0.2, 0.25) is 0 Å². The number of hydrogen-bond acceptors (Lipinski definition) is 10. The Labute approximate surface area is 191 Å². The number of nitrogens with zero attached hydrogens (tertiary/aromatic N) is 6. The molecule has 2 aromatic rings. The molecule has 1 atom stereocenters. The molecular weight excluding hydrogens is 495 g/mol. The minimum atomic E-state index is -5.85. The monoisotopic (exact) mass is 516 g/mol. The Morgan fingerprint density at radius 3 is 2.42 bits per heavy atom. The molecule has 0 radical (unpaired) electrons. The first kappa shape index (κ1) is 26.8. The van der Waals surface area contributed by atoms with E-state index in [1.54, 1.807) is 21.0 Å². The number of anilines is 1. The molecule has 0 aliphatic heterocycles. The van der Waals surface area contributed by atoms with Crippen molar-refractivity contribution >= 4 is 43.7 Å². The number of rotatable bonds is 10. The number of halogens is 5. The van der Waals surface area contributed by atoms with E-state index in [2.05, 4.69) is 28.1 Å². The van der Waals surface area contributed by atoms with Gasteiger partial charge >= 0.3 is 12.1 Å². The molecule has 0 amide bonds. The first-order valence-corrected chi connectivity index (χ1v) is 11.6. The van der Waals surface area contributed by atoms with Crippen molar-refractivity contribution in [2.75, 3.05) is 25.6 Å². The lowest BCUT2D eigenvalue weighted by Gasteiger charge is -2.19. The molecule has 33 heavy (non-hydrogen) atoms. The molecule has 1 aromatic carbocycles. The van der Waals surface area contributed by atoms with Crippen LogP contribution in [0, 0.1) is 0 Å². The van der Waals surface area contributed by atoms with Gasteiger partial charge in [0.1, 0.15) is 22.9 Å². The van der Waals surface area contributed by atoms with Crippen molar-refractivity contribution in [3.63, 3.8) is 0 Å². The van der Waals surface area contributed by atoms with Gasteiger partial charge in [0.05, 0.1) is 12.3 Å². The number of azo groups is 1. The standard InChI is InChI=1S/C17H21F5N6O3S2/c1-5-7-14-23-16(32-26-14)25-24-10-9-13(30-6-2)12(28(3)4)8-11(10)27-33(29,17(20,21)22)31-15(18)19/h8-9,15H,5-7H2,1-4H3. The zero-order valence-corrected chi connectivity index (χ0v) is 19.6. The molecule has 184 valence electrons. The fraction of sp³-hybridized carbons (Fsp3) is 0.529. The van der Waals surface area contributed by atoms with E-state index in [4.69, 9.17) is 4.74 Å². The number of alkyl halides is 5. The molecule has 0 spiro atoms. The molecule has 1 heterocycles. The van der Waals surface area contributed by atoms with Crippen molar-refractivity contribution in [3.05, 3.63) is 18.0 Å². The topological polar surface area (TPSA) is 102 Å². The van der Waals surface area contributed by atoms with Crippen LogP contribution in [-0.2, 0) is 20.6 Å². The van der Waals surface area contributed by atoms with Gasteiger partial charge in [-0.1, -0.05) is 6.92 Å². The lowest BCUT2D eigenvalue weighted by molar-refractivity contribution is -0.0856. The molecule has 0 aliphatic rings.